The summed E-state index contributed by atoms with van der Waals surface area (Å²) in [5.74, 6) is 1.37. The van der Waals surface area contributed by atoms with E-state index >= 15 is 0 Å². The fourth-order valence-electron chi connectivity index (χ4n) is 1.99. The van der Waals surface area contributed by atoms with Crippen molar-refractivity contribution in [3.8, 4) is 11.5 Å². The molecule has 3 rings (SSSR count). The normalized spacial score (nSPS) is 10.6. The molecule has 0 fully saturated rings. The van der Waals surface area contributed by atoms with Gasteiger partial charge in [-0.2, -0.15) is 0 Å². The van der Waals surface area contributed by atoms with Crippen molar-refractivity contribution in [1.82, 2.24) is 4.98 Å². The molecule has 0 unspecified atom stereocenters. The highest BCUT2D eigenvalue weighted by Gasteiger charge is 2.11. The largest absolute Gasteiger partial charge is 0.460 e. The average Bonchev–Trinajstić information content (AvgIpc) is 3.10. The van der Waals surface area contributed by atoms with Crippen molar-refractivity contribution in [2.45, 2.75) is 13.3 Å². The van der Waals surface area contributed by atoms with E-state index in [1.807, 2.05) is 42.6 Å². The number of hydrogen-bond acceptors (Lipinski definition) is 4. The van der Waals surface area contributed by atoms with Crippen LogP contribution in [0.3, 0.4) is 0 Å². The van der Waals surface area contributed by atoms with Crippen LogP contribution in [0, 0.1) is 6.92 Å². The first kappa shape index (κ1) is 14.8. The lowest BCUT2D eigenvalue weighted by Gasteiger charge is -2.03. The number of benzene rings is 1. The van der Waals surface area contributed by atoms with E-state index in [0.29, 0.717) is 21.6 Å². The van der Waals surface area contributed by atoms with Crippen LogP contribution in [0.25, 0.3) is 11.5 Å². The number of amides is 1. The topological polar surface area (TPSA) is 55.1 Å². The fraction of sp³-hybridized carbons (Fsp3) is 0.125. The van der Waals surface area contributed by atoms with Crippen molar-refractivity contribution in [2.24, 2.45) is 0 Å². The van der Waals surface area contributed by atoms with Crippen molar-refractivity contribution in [1.29, 1.82) is 0 Å². The molecule has 112 valence electrons. The van der Waals surface area contributed by atoms with Crippen LogP contribution in [-0.4, -0.2) is 10.9 Å². The Morgan fingerprint density at radius 2 is 2.14 bits per heavy atom. The summed E-state index contributed by atoms with van der Waals surface area (Å²) < 4.78 is 5.51. The molecule has 6 heteroatoms. The van der Waals surface area contributed by atoms with E-state index in [4.69, 9.17) is 16.0 Å². The molecule has 1 aromatic carbocycles. The number of hydrogen-bond donors (Lipinski definition) is 1. The van der Waals surface area contributed by atoms with Crippen molar-refractivity contribution >= 4 is 34.0 Å². The van der Waals surface area contributed by atoms with Gasteiger partial charge < -0.3 is 9.73 Å². The number of rotatable bonds is 4. The Bertz CT molecular complexity index is 810. The number of aryl methyl sites for hydroxylation is 1. The molecule has 4 nitrogen and oxygen atoms in total. The van der Waals surface area contributed by atoms with Gasteiger partial charge in [-0.05, 0) is 30.7 Å². The monoisotopic (exact) mass is 332 g/mol. The van der Waals surface area contributed by atoms with Crippen LogP contribution in [-0.2, 0) is 11.2 Å². The van der Waals surface area contributed by atoms with Gasteiger partial charge in [0.1, 0.15) is 11.5 Å². The van der Waals surface area contributed by atoms with Crippen LogP contribution in [0.15, 0.2) is 46.2 Å². The fourth-order valence-corrected chi connectivity index (χ4v) is 2.91. The third kappa shape index (κ3) is 3.37. The average molecular weight is 333 g/mol. The summed E-state index contributed by atoms with van der Waals surface area (Å²) in [7, 11) is 0. The second-order valence-corrected chi connectivity index (χ2v) is 6.03. The molecule has 0 atom stereocenters. The number of nitrogens with zero attached hydrogens (tertiary/aromatic N) is 1. The lowest BCUT2D eigenvalue weighted by molar-refractivity contribution is -0.115. The SMILES string of the molecule is Cc1ccc(-c2csc(NC(=O)Cc3ccccc3Cl)n2)o1. The maximum Gasteiger partial charge on any atom is 0.230 e. The van der Waals surface area contributed by atoms with E-state index in [1.54, 1.807) is 6.07 Å². The van der Waals surface area contributed by atoms with Gasteiger partial charge in [-0.15, -0.1) is 11.3 Å². The Morgan fingerprint density at radius 3 is 2.86 bits per heavy atom. The molecule has 2 aromatic heterocycles. The standard InChI is InChI=1S/C16H13ClN2O2S/c1-10-6-7-14(21-10)13-9-22-16(18-13)19-15(20)8-11-4-2-3-5-12(11)17/h2-7,9H,8H2,1H3,(H,18,19,20). The molecular weight excluding hydrogens is 320 g/mol. The molecule has 0 spiro atoms. The second-order valence-electron chi connectivity index (χ2n) is 4.76. The van der Waals surface area contributed by atoms with Gasteiger partial charge in [0.2, 0.25) is 5.91 Å². The molecular formula is C16H13ClN2O2S. The maximum absolute atomic E-state index is 12.1. The zero-order valence-corrected chi connectivity index (χ0v) is 13.4. The molecule has 1 N–H and O–H groups in total. The van der Waals surface area contributed by atoms with Crippen molar-refractivity contribution < 1.29 is 9.21 Å². The Balaban J connectivity index is 1.67. The molecule has 0 saturated heterocycles. The molecule has 0 aliphatic heterocycles. The third-order valence-electron chi connectivity index (χ3n) is 3.05. The first-order valence-corrected chi connectivity index (χ1v) is 7.93. The molecule has 22 heavy (non-hydrogen) atoms. The van der Waals surface area contributed by atoms with Crippen LogP contribution in [0.1, 0.15) is 11.3 Å². The number of carbonyl (C=O) groups is 1. The van der Waals surface area contributed by atoms with Gasteiger partial charge in [-0.25, -0.2) is 4.98 Å². The number of halogens is 1. The summed E-state index contributed by atoms with van der Waals surface area (Å²) in [6.45, 7) is 1.88. The van der Waals surface area contributed by atoms with Crippen LogP contribution in [0.5, 0.6) is 0 Å². The summed E-state index contributed by atoms with van der Waals surface area (Å²) in [5.41, 5.74) is 1.51. The van der Waals surface area contributed by atoms with E-state index < -0.39 is 0 Å². The quantitative estimate of drug-likeness (QED) is 0.762. The van der Waals surface area contributed by atoms with Gasteiger partial charge in [0.05, 0.1) is 6.42 Å². The summed E-state index contributed by atoms with van der Waals surface area (Å²) >= 11 is 7.41. The highest BCUT2D eigenvalue weighted by atomic mass is 35.5. The lowest BCUT2D eigenvalue weighted by Crippen LogP contribution is -2.14. The Hall–Kier alpha value is -2.11. The zero-order chi connectivity index (χ0) is 15.5. The van der Waals surface area contributed by atoms with Crippen LogP contribution >= 0.6 is 22.9 Å². The van der Waals surface area contributed by atoms with Gasteiger partial charge in [0.25, 0.3) is 0 Å². The minimum absolute atomic E-state index is 0.148. The molecule has 0 aliphatic carbocycles. The number of thiazole rings is 1. The number of furan rings is 1. The summed E-state index contributed by atoms with van der Waals surface area (Å²) in [4.78, 5) is 16.4. The number of aromatic nitrogens is 1. The molecule has 0 aliphatic rings. The molecule has 0 radical (unpaired) electrons. The molecule has 2 heterocycles. The first-order valence-electron chi connectivity index (χ1n) is 6.67. The highest BCUT2D eigenvalue weighted by Crippen LogP contribution is 2.26. The van der Waals surface area contributed by atoms with E-state index in [1.165, 1.54) is 11.3 Å². The molecule has 0 saturated carbocycles. The zero-order valence-electron chi connectivity index (χ0n) is 11.8. The van der Waals surface area contributed by atoms with Crippen molar-refractivity contribution in [2.75, 3.05) is 5.32 Å². The van der Waals surface area contributed by atoms with E-state index in [-0.39, 0.29) is 12.3 Å². The van der Waals surface area contributed by atoms with E-state index in [2.05, 4.69) is 10.3 Å². The van der Waals surface area contributed by atoms with Gasteiger partial charge in [-0.1, -0.05) is 29.8 Å². The van der Waals surface area contributed by atoms with E-state index in [0.717, 1.165) is 11.3 Å². The van der Waals surface area contributed by atoms with Gasteiger partial charge in [-0.3, -0.25) is 4.79 Å². The smallest absolute Gasteiger partial charge is 0.230 e. The molecule has 0 bridgehead atoms. The Kier molecular flexibility index (Phi) is 4.27. The summed E-state index contributed by atoms with van der Waals surface area (Å²) in [5, 5.41) is 5.76. The summed E-state index contributed by atoms with van der Waals surface area (Å²) in [6.07, 6.45) is 0.217. The van der Waals surface area contributed by atoms with Gasteiger partial charge in [0, 0.05) is 10.4 Å². The lowest BCUT2D eigenvalue weighted by atomic mass is 10.1. The Labute approximate surface area is 136 Å². The van der Waals surface area contributed by atoms with Crippen LogP contribution < -0.4 is 5.32 Å². The molecule has 1 amide bonds. The second kappa shape index (κ2) is 6.34. The first-order chi connectivity index (χ1) is 10.6. The highest BCUT2D eigenvalue weighted by molar-refractivity contribution is 7.14. The van der Waals surface area contributed by atoms with Gasteiger partial charge in [0.15, 0.2) is 10.9 Å². The van der Waals surface area contributed by atoms with Crippen LogP contribution in [0.2, 0.25) is 5.02 Å². The van der Waals surface area contributed by atoms with Crippen LogP contribution in [0.4, 0.5) is 5.13 Å². The van der Waals surface area contributed by atoms with Crippen molar-refractivity contribution in [3.05, 3.63) is 58.1 Å². The number of anilines is 1. The minimum atomic E-state index is -0.148. The van der Waals surface area contributed by atoms with Crippen molar-refractivity contribution in [3.63, 3.8) is 0 Å². The Morgan fingerprint density at radius 1 is 1.32 bits per heavy atom. The van der Waals surface area contributed by atoms with Gasteiger partial charge >= 0.3 is 0 Å². The van der Waals surface area contributed by atoms with E-state index in [9.17, 15) is 4.79 Å². The minimum Gasteiger partial charge on any atom is -0.460 e. The third-order valence-corrected chi connectivity index (χ3v) is 4.18. The number of nitrogens with one attached hydrogen (secondary N) is 1. The molecule has 3 aromatic rings. The predicted molar refractivity (Wildman–Crippen MR) is 88.3 cm³/mol. The predicted octanol–water partition coefficient (Wildman–Crippen LogP) is 4.55. The summed E-state index contributed by atoms with van der Waals surface area (Å²) in [6, 6.07) is 11.0. The maximum atomic E-state index is 12.1. The number of carbonyl (C=O) groups excluding carboxylic acids is 1.